The number of pyridine rings is 1. The number of nitrogens with zero attached hydrogens (tertiary/aromatic N) is 1. The maximum atomic E-state index is 11.5. The molecule has 1 heterocycles. The third kappa shape index (κ3) is 2.88. The summed E-state index contributed by atoms with van der Waals surface area (Å²) in [5.41, 5.74) is 1.29. The lowest BCUT2D eigenvalue weighted by Gasteiger charge is -2.14. The van der Waals surface area contributed by atoms with E-state index in [2.05, 4.69) is 10.3 Å². The maximum Gasteiger partial charge on any atom is 0.339 e. The maximum absolute atomic E-state index is 11.5. The largest absolute Gasteiger partial charge is 0.872 e. The van der Waals surface area contributed by atoms with Crippen molar-refractivity contribution in [1.29, 1.82) is 0 Å². The van der Waals surface area contributed by atoms with E-state index < -0.39 is 5.97 Å². The zero-order valence-electron chi connectivity index (χ0n) is 11.5. The molecule has 0 aliphatic heterocycles. The highest BCUT2D eigenvalue weighted by molar-refractivity contribution is 6.45. The van der Waals surface area contributed by atoms with Crippen LogP contribution in [0.25, 0.3) is 10.9 Å². The fourth-order valence-electron chi connectivity index (χ4n) is 2.19. The number of hydrogen-bond donors (Lipinski definition) is 2. The van der Waals surface area contributed by atoms with Gasteiger partial charge in [-0.3, -0.25) is 4.98 Å². The molecule has 3 aromatic rings. The summed E-state index contributed by atoms with van der Waals surface area (Å²) in [6.07, 6.45) is 1.22. The topological polar surface area (TPSA) is 85.3 Å². The number of anilines is 2. The van der Waals surface area contributed by atoms with Crippen molar-refractivity contribution < 1.29 is 15.0 Å². The summed E-state index contributed by atoms with van der Waals surface area (Å²) in [6.45, 7) is 0. The van der Waals surface area contributed by atoms with Gasteiger partial charge in [-0.2, -0.15) is 0 Å². The Balaban J connectivity index is 2.22. The van der Waals surface area contributed by atoms with Gasteiger partial charge in [-0.1, -0.05) is 35.3 Å². The van der Waals surface area contributed by atoms with Crippen LogP contribution < -0.4 is 10.4 Å². The van der Waals surface area contributed by atoms with Crippen molar-refractivity contribution in [2.75, 3.05) is 5.32 Å². The predicted octanol–water partition coefficient (Wildman–Crippen LogP) is 4.06. The van der Waals surface area contributed by atoms with Crippen molar-refractivity contribution in [1.82, 2.24) is 4.98 Å². The van der Waals surface area contributed by atoms with Gasteiger partial charge in [0.05, 0.1) is 21.2 Å². The van der Waals surface area contributed by atoms with E-state index in [9.17, 15) is 15.0 Å². The van der Waals surface area contributed by atoms with Crippen LogP contribution >= 0.6 is 23.2 Å². The molecule has 0 aliphatic rings. The van der Waals surface area contributed by atoms with Gasteiger partial charge in [0, 0.05) is 17.3 Å². The van der Waals surface area contributed by atoms with Crippen LogP contribution in [0.1, 0.15) is 10.4 Å². The summed E-state index contributed by atoms with van der Waals surface area (Å²) in [5.74, 6) is -1.27. The molecule has 0 saturated heterocycles. The molecule has 2 N–H and O–H groups in total. The average molecular weight is 348 g/mol. The quantitative estimate of drug-likeness (QED) is 0.746. The van der Waals surface area contributed by atoms with E-state index in [4.69, 9.17) is 23.2 Å². The van der Waals surface area contributed by atoms with Crippen LogP contribution in [0.5, 0.6) is 5.75 Å². The Kier molecular flexibility index (Phi) is 3.98. The van der Waals surface area contributed by atoms with Gasteiger partial charge in [-0.25, -0.2) is 4.79 Å². The van der Waals surface area contributed by atoms with Crippen LogP contribution in [-0.4, -0.2) is 16.1 Å². The molecule has 0 saturated carbocycles. The molecule has 0 spiro atoms. The van der Waals surface area contributed by atoms with Crippen LogP contribution in [0, 0.1) is 0 Å². The van der Waals surface area contributed by atoms with E-state index in [1.807, 2.05) is 0 Å². The van der Waals surface area contributed by atoms with E-state index in [1.165, 1.54) is 18.3 Å². The minimum absolute atomic E-state index is 0.0120. The highest BCUT2D eigenvalue weighted by Gasteiger charge is 2.17. The van der Waals surface area contributed by atoms with Crippen molar-refractivity contribution >= 4 is 51.4 Å². The first-order valence-corrected chi connectivity index (χ1v) is 7.27. The molecule has 0 bridgehead atoms. The Bertz CT molecular complexity index is 911. The van der Waals surface area contributed by atoms with E-state index in [0.29, 0.717) is 27.3 Å². The summed E-state index contributed by atoms with van der Waals surface area (Å²) in [7, 11) is 0. The van der Waals surface area contributed by atoms with E-state index in [1.54, 1.807) is 24.3 Å². The van der Waals surface area contributed by atoms with E-state index in [-0.39, 0.29) is 16.3 Å². The van der Waals surface area contributed by atoms with Crippen LogP contribution in [0.2, 0.25) is 10.0 Å². The molecule has 116 valence electrons. The van der Waals surface area contributed by atoms with E-state index >= 15 is 0 Å². The van der Waals surface area contributed by atoms with Crippen molar-refractivity contribution in [3.8, 4) is 5.75 Å². The van der Waals surface area contributed by atoms with Crippen LogP contribution in [0.4, 0.5) is 11.4 Å². The first kappa shape index (κ1) is 15.4. The molecule has 0 unspecified atom stereocenters. The summed E-state index contributed by atoms with van der Waals surface area (Å²) >= 11 is 12.1. The van der Waals surface area contributed by atoms with Gasteiger partial charge in [-0.05, 0) is 24.3 Å². The molecule has 2 aromatic carbocycles. The first-order valence-electron chi connectivity index (χ1n) is 6.51. The Morgan fingerprint density at radius 2 is 1.83 bits per heavy atom. The van der Waals surface area contributed by atoms with Gasteiger partial charge >= 0.3 is 5.97 Å². The second-order valence-electron chi connectivity index (χ2n) is 4.76. The van der Waals surface area contributed by atoms with Crippen LogP contribution in [0.3, 0.4) is 0 Å². The van der Waals surface area contributed by atoms with Crippen LogP contribution in [-0.2, 0) is 0 Å². The normalized spacial score (nSPS) is 10.7. The van der Waals surface area contributed by atoms with Gasteiger partial charge in [-0.15, -0.1) is 5.75 Å². The summed E-state index contributed by atoms with van der Waals surface area (Å²) in [4.78, 5) is 15.6. The standard InChI is InChI=1S/C16H10Cl2N2O3/c17-12-6-5-10-14(20-8-1-3-9(21)4-2-8)11(16(22)23)7-19-15(10)13(12)18/h1-7,21H,(H,19,20)(H,22,23)/p-1. The molecule has 0 atom stereocenters. The molecule has 0 aliphatic carbocycles. The second-order valence-corrected chi connectivity index (χ2v) is 5.54. The average Bonchev–Trinajstić information content (AvgIpc) is 2.53. The molecule has 5 nitrogen and oxygen atoms in total. The molecular formula is C16H9Cl2N2O3-. The number of aromatic carboxylic acids is 1. The number of carboxylic acid groups (broad SMARTS) is 1. The van der Waals surface area contributed by atoms with Crippen molar-refractivity contribution in [3.63, 3.8) is 0 Å². The smallest absolute Gasteiger partial charge is 0.339 e. The van der Waals surface area contributed by atoms with Gasteiger partial charge in [0.2, 0.25) is 0 Å². The van der Waals surface area contributed by atoms with Crippen molar-refractivity contribution in [3.05, 3.63) is 58.2 Å². The molecule has 7 heteroatoms. The number of rotatable bonds is 3. The molecule has 0 fully saturated rings. The monoisotopic (exact) mass is 347 g/mol. The van der Waals surface area contributed by atoms with Gasteiger partial charge < -0.3 is 15.5 Å². The number of hydrogen-bond acceptors (Lipinski definition) is 4. The number of aromatic nitrogens is 1. The lowest BCUT2D eigenvalue weighted by atomic mass is 10.1. The zero-order chi connectivity index (χ0) is 16.6. The number of nitrogens with one attached hydrogen (secondary N) is 1. The van der Waals surface area contributed by atoms with Crippen LogP contribution in [0.15, 0.2) is 42.6 Å². The molecule has 23 heavy (non-hydrogen) atoms. The van der Waals surface area contributed by atoms with Crippen molar-refractivity contribution in [2.24, 2.45) is 0 Å². The number of carbonyl (C=O) groups is 1. The SMILES string of the molecule is O=C(O)c1cnc2c(Cl)c(Cl)ccc2c1Nc1ccc([O-])cc1. The summed E-state index contributed by atoms with van der Waals surface area (Å²) < 4.78 is 0. The Hall–Kier alpha value is -2.50. The highest BCUT2D eigenvalue weighted by atomic mass is 35.5. The summed E-state index contributed by atoms with van der Waals surface area (Å²) in [6, 6.07) is 9.13. The summed E-state index contributed by atoms with van der Waals surface area (Å²) in [5, 5.41) is 24.7. The molecular weight excluding hydrogens is 339 g/mol. The van der Waals surface area contributed by atoms with Gasteiger partial charge in [0.25, 0.3) is 0 Å². The lowest BCUT2D eigenvalue weighted by Crippen LogP contribution is -2.05. The highest BCUT2D eigenvalue weighted by Crippen LogP contribution is 2.36. The molecule has 0 amide bonds. The number of fused-ring (bicyclic) bond motifs is 1. The van der Waals surface area contributed by atoms with Gasteiger partial charge in [0.1, 0.15) is 5.56 Å². The Morgan fingerprint density at radius 3 is 2.48 bits per heavy atom. The molecule has 0 radical (unpaired) electrons. The van der Waals surface area contributed by atoms with Gasteiger partial charge in [0.15, 0.2) is 0 Å². The minimum atomic E-state index is -1.13. The molecule has 1 aromatic heterocycles. The fourth-order valence-corrected chi connectivity index (χ4v) is 2.55. The Morgan fingerprint density at radius 1 is 1.13 bits per heavy atom. The third-order valence-electron chi connectivity index (χ3n) is 3.28. The van der Waals surface area contributed by atoms with E-state index in [0.717, 1.165) is 0 Å². The van der Waals surface area contributed by atoms with Crippen molar-refractivity contribution in [2.45, 2.75) is 0 Å². The fraction of sp³-hybridized carbons (Fsp3) is 0. The number of halogens is 2. The predicted molar refractivity (Wildman–Crippen MR) is 87.9 cm³/mol. The second kappa shape index (κ2) is 5.95. The number of benzene rings is 2. The number of carboxylic acids is 1. The minimum Gasteiger partial charge on any atom is -0.872 e. The Labute approximate surface area is 141 Å². The lowest BCUT2D eigenvalue weighted by molar-refractivity contribution is -0.268. The molecule has 3 rings (SSSR count). The zero-order valence-corrected chi connectivity index (χ0v) is 13.0. The third-order valence-corrected chi connectivity index (χ3v) is 4.08. The first-order chi connectivity index (χ1) is 11.0.